The molecule has 0 amide bonds. The van der Waals surface area contributed by atoms with E-state index in [2.05, 4.69) is 21.2 Å². The van der Waals surface area contributed by atoms with Gasteiger partial charge in [0.1, 0.15) is 0 Å². The van der Waals surface area contributed by atoms with E-state index in [1.807, 2.05) is 6.07 Å². The Bertz CT molecular complexity index is 374. The fourth-order valence-corrected chi connectivity index (χ4v) is 2.15. The SMILES string of the molecule is O=C(O)c1ccc([C@@H]2CCN2)c(Br)c1. The van der Waals surface area contributed by atoms with Gasteiger partial charge in [0.2, 0.25) is 0 Å². The van der Waals surface area contributed by atoms with Gasteiger partial charge in [0.15, 0.2) is 0 Å². The van der Waals surface area contributed by atoms with Crippen LogP contribution in [0.5, 0.6) is 0 Å². The van der Waals surface area contributed by atoms with Gasteiger partial charge in [0.05, 0.1) is 5.56 Å². The van der Waals surface area contributed by atoms with E-state index in [-0.39, 0.29) is 0 Å². The average molecular weight is 256 g/mol. The summed E-state index contributed by atoms with van der Waals surface area (Å²) in [5.41, 5.74) is 1.46. The molecule has 2 N–H and O–H groups in total. The predicted molar refractivity (Wildman–Crippen MR) is 56.5 cm³/mol. The zero-order valence-electron chi connectivity index (χ0n) is 7.46. The Balaban J connectivity index is 2.30. The second kappa shape index (κ2) is 3.71. The maximum atomic E-state index is 10.7. The first kappa shape index (κ1) is 9.68. The molecule has 14 heavy (non-hydrogen) atoms. The van der Waals surface area contributed by atoms with Crippen LogP contribution in [-0.2, 0) is 0 Å². The van der Waals surface area contributed by atoms with Gasteiger partial charge >= 0.3 is 5.97 Å². The summed E-state index contributed by atoms with van der Waals surface area (Å²) >= 11 is 3.39. The van der Waals surface area contributed by atoms with Crippen molar-refractivity contribution in [3.63, 3.8) is 0 Å². The Morgan fingerprint density at radius 3 is 2.71 bits per heavy atom. The highest BCUT2D eigenvalue weighted by Gasteiger charge is 2.21. The summed E-state index contributed by atoms with van der Waals surface area (Å²) in [5, 5.41) is 12.0. The Kier molecular flexibility index (Phi) is 2.56. The van der Waals surface area contributed by atoms with Crippen molar-refractivity contribution in [3.8, 4) is 0 Å². The summed E-state index contributed by atoms with van der Waals surface area (Å²) in [4.78, 5) is 10.7. The normalized spacial score (nSPS) is 20.2. The quantitative estimate of drug-likeness (QED) is 0.852. The van der Waals surface area contributed by atoms with Gasteiger partial charge in [0.25, 0.3) is 0 Å². The number of carboxylic acids is 1. The van der Waals surface area contributed by atoms with Crippen molar-refractivity contribution in [2.75, 3.05) is 6.54 Å². The van der Waals surface area contributed by atoms with Crippen LogP contribution in [0.15, 0.2) is 22.7 Å². The molecule has 0 radical (unpaired) electrons. The minimum Gasteiger partial charge on any atom is -0.478 e. The highest BCUT2D eigenvalue weighted by atomic mass is 79.9. The fourth-order valence-electron chi connectivity index (χ4n) is 1.50. The highest BCUT2D eigenvalue weighted by molar-refractivity contribution is 9.10. The number of nitrogens with one attached hydrogen (secondary N) is 1. The number of benzene rings is 1. The molecule has 0 spiro atoms. The lowest BCUT2D eigenvalue weighted by molar-refractivity contribution is 0.0697. The zero-order valence-corrected chi connectivity index (χ0v) is 9.04. The minimum atomic E-state index is -0.890. The molecule has 1 aliphatic heterocycles. The molecule has 1 atom stereocenters. The van der Waals surface area contributed by atoms with Gasteiger partial charge in [0, 0.05) is 10.5 Å². The van der Waals surface area contributed by atoms with Gasteiger partial charge in [-0.05, 0) is 30.7 Å². The monoisotopic (exact) mass is 255 g/mol. The molecule has 1 saturated heterocycles. The smallest absolute Gasteiger partial charge is 0.335 e. The number of hydrogen-bond donors (Lipinski definition) is 2. The maximum Gasteiger partial charge on any atom is 0.335 e. The Hall–Kier alpha value is -0.870. The summed E-state index contributed by atoms with van der Waals surface area (Å²) in [6, 6.07) is 5.54. The second-order valence-electron chi connectivity index (χ2n) is 3.34. The summed E-state index contributed by atoms with van der Waals surface area (Å²) < 4.78 is 0.870. The first-order chi connectivity index (χ1) is 6.68. The summed E-state index contributed by atoms with van der Waals surface area (Å²) in [6.07, 6.45) is 1.12. The Labute approximate surface area is 90.3 Å². The first-order valence-corrected chi connectivity index (χ1v) is 5.24. The lowest BCUT2D eigenvalue weighted by atomic mass is 9.97. The summed E-state index contributed by atoms with van der Waals surface area (Å²) in [7, 11) is 0. The lowest BCUT2D eigenvalue weighted by Crippen LogP contribution is -2.35. The van der Waals surface area contributed by atoms with E-state index >= 15 is 0 Å². The Morgan fingerprint density at radius 2 is 2.29 bits per heavy atom. The molecule has 0 unspecified atom stereocenters. The van der Waals surface area contributed by atoms with Gasteiger partial charge in [-0.2, -0.15) is 0 Å². The van der Waals surface area contributed by atoms with Crippen molar-refractivity contribution in [2.45, 2.75) is 12.5 Å². The number of halogens is 1. The molecular weight excluding hydrogens is 246 g/mol. The van der Waals surface area contributed by atoms with Crippen molar-refractivity contribution in [1.82, 2.24) is 5.32 Å². The van der Waals surface area contributed by atoms with E-state index in [1.165, 1.54) is 0 Å². The number of rotatable bonds is 2. The molecule has 1 heterocycles. The molecule has 4 heteroatoms. The van der Waals surface area contributed by atoms with Crippen molar-refractivity contribution in [1.29, 1.82) is 0 Å². The van der Waals surface area contributed by atoms with Crippen LogP contribution in [0.2, 0.25) is 0 Å². The number of hydrogen-bond acceptors (Lipinski definition) is 2. The largest absolute Gasteiger partial charge is 0.478 e. The van der Waals surface area contributed by atoms with E-state index < -0.39 is 5.97 Å². The molecule has 0 saturated carbocycles. The topological polar surface area (TPSA) is 49.3 Å². The number of carbonyl (C=O) groups is 1. The molecule has 3 nitrogen and oxygen atoms in total. The predicted octanol–water partition coefficient (Wildman–Crippen LogP) is 2.18. The zero-order chi connectivity index (χ0) is 10.1. The Morgan fingerprint density at radius 1 is 1.57 bits per heavy atom. The van der Waals surface area contributed by atoms with Crippen LogP contribution in [0, 0.1) is 0 Å². The van der Waals surface area contributed by atoms with Crippen LogP contribution in [0.25, 0.3) is 0 Å². The summed E-state index contributed by atoms with van der Waals surface area (Å²) in [5.74, 6) is -0.890. The van der Waals surface area contributed by atoms with E-state index in [0.717, 1.165) is 23.0 Å². The van der Waals surface area contributed by atoms with E-state index in [0.29, 0.717) is 11.6 Å². The van der Waals surface area contributed by atoms with Crippen LogP contribution in [0.4, 0.5) is 0 Å². The molecule has 0 aliphatic carbocycles. The second-order valence-corrected chi connectivity index (χ2v) is 4.19. The van der Waals surface area contributed by atoms with E-state index in [1.54, 1.807) is 12.1 Å². The third-order valence-corrected chi connectivity index (χ3v) is 3.13. The molecule has 74 valence electrons. The molecule has 1 aromatic rings. The van der Waals surface area contributed by atoms with Gasteiger partial charge in [-0.3, -0.25) is 0 Å². The molecule has 1 aromatic carbocycles. The van der Waals surface area contributed by atoms with Gasteiger partial charge < -0.3 is 10.4 Å². The number of aromatic carboxylic acids is 1. The minimum absolute atomic E-state index is 0.319. The third kappa shape index (κ3) is 1.67. The van der Waals surface area contributed by atoms with Crippen molar-refractivity contribution in [2.24, 2.45) is 0 Å². The first-order valence-electron chi connectivity index (χ1n) is 4.44. The number of carboxylic acid groups (broad SMARTS) is 1. The standard InChI is InChI=1S/C10H10BrNO2/c11-8-5-6(10(13)14)1-2-7(8)9-3-4-12-9/h1-2,5,9,12H,3-4H2,(H,13,14)/t9-/m0/s1. The van der Waals surface area contributed by atoms with Crippen LogP contribution in [-0.4, -0.2) is 17.6 Å². The molecule has 1 aliphatic rings. The van der Waals surface area contributed by atoms with Crippen molar-refractivity contribution in [3.05, 3.63) is 33.8 Å². The van der Waals surface area contributed by atoms with Gasteiger partial charge in [-0.15, -0.1) is 0 Å². The molecular formula is C10H10BrNO2. The maximum absolute atomic E-state index is 10.7. The molecule has 2 rings (SSSR count). The molecule has 0 aromatic heterocycles. The molecule has 1 fully saturated rings. The van der Waals surface area contributed by atoms with Crippen LogP contribution in [0.3, 0.4) is 0 Å². The van der Waals surface area contributed by atoms with Crippen LogP contribution < -0.4 is 5.32 Å². The van der Waals surface area contributed by atoms with Crippen molar-refractivity contribution >= 4 is 21.9 Å². The lowest BCUT2D eigenvalue weighted by Gasteiger charge is -2.28. The van der Waals surface area contributed by atoms with Crippen LogP contribution >= 0.6 is 15.9 Å². The average Bonchev–Trinajstić information content (AvgIpc) is 2.04. The van der Waals surface area contributed by atoms with Crippen LogP contribution in [0.1, 0.15) is 28.4 Å². The molecule has 0 bridgehead atoms. The van der Waals surface area contributed by atoms with E-state index in [4.69, 9.17) is 5.11 Å². The highest BCUT2D eigenvalue weighted by Crippen LogP contribution is 2.30. The van der Waals surface area contributed by atoms with Gasteiger partial charge in [-0.25, -0.2) is 4.79 Å². The van der Waals surface area contributed by atoms with Gasteiger partial charge in [-0.1, -0.05) is 22.0 Å². The summed E-state index contributed by atoms with van der Waals surface area (Å²) in [6.45, 7) is 1.04. The fraction of sp³-hybridized carbons (Fsp3) is 0.300. The third-order valence-electron chi connectivity index (χ3n) is 2.45. The van der Waals surface area contributed by atoms with Crippen molar-refractivity contribution < 1.29 is 9.90 Å². The van der Waals surface area contributed by atoms with E-state index in [9.17, 15) is 4.79 Å².